The first-order valence-corrected chi connectivity index (χ1v) is 8.49. The highest BCUT2D eigenvalue weighted by Gasteiger charge is 2.13. The number of carbonyl (C=O) groups excluding carboxylic acids is 2. The molecule has 7 heteroatoms. The number of hydrogen-bond donors (Lipinski definition) is 2. The molecule has 0 aliphatic rings. The van der Waals surface area contributed by atoms with E-state index >= 15 is 0 Å². The molecule has 0 aliphatic heterocycles. The van der Waals surface area contributed by atoms with Crippen LogP contribution in [0.5, 0.6) is 17.2 Å². The van der Waals surface area contributed by atoms with Crippen molar-refractivity contribution in [3.63, 3.8) is 0 Å². The smallest absolute Gasteiger partial charge is 0.233 e. The molecule has 0 unspecified atom stereocenters. The quantitative estimate of drug-likeness (QED) is 0.693. The lowest BCUT2D eigenvalue weighted by molar-refractivity contribution is -0.123. The lowest BCUT2D eigenvalue weighted by Crippen LogP contribution is -2.21. The highest BCUT2D eigenvalue weighted by molar-refractivity contribution is 6.08. The average molecular weight is 372 g/mol. The van der Waals surface area contributed by atoms with Crippen LogP contribution in [-0.4, -0.2) is 32.1 Å². The largest absolute Gasteiger partial charge is 0.497 e. The van der Waals surface area contributed by atoms with Crippen molar-refractivity contribution in [3.8, 4) is 17.2 Å². The van der Waals surface area contributed by atoms with Crippen LogP contribution in [0.4, 0.5) is 11.4 Å². The summed E-state index contributed by atoms with van der Waals surface area (Å²) >= 11 is 0. The van der Waals surface area contributed by atoms with Gasteiger partial charge in [-0.15, -0.1) is 0 Å². The van der Waals surface area contributed by atoms with Crippen LogP contribution in [0.3, 0.4) is 0 Å². The number of rotatable bonds is 8. The van der Waals surface area contributed by atoms with Crippen LogP contribution in [0.1, 0.15) is 20.3 Å². The summed E-state index contributed by atoms with van der Waals surface area (Å²) in [5.41, 5.74) is 1.02. The Bertz CT molecular complexity index is 787. The zero-order valence-electron chi connectivity index (χ0n) is 15.9. The molecule has 27 heavy (non-hydrogen) atoms. The minimum Gasteiger partial charge on any atom is -0.497 e. The van der Waals surface area contributed by atoms with Crippen LogP contribution in [0.2, 0.25) is 0 Å². The first-order chi connectivity index (χ1) is 12.9. The van der Waals surface area contributed by atoms with Crippen molar-refractivity contribution in [2.75, 3.05) is 24.9 Å². The molecule has 0 fully saturated rings. The predicted molar refractivity (Wildman–Crippen MR) is 104 cm³/mol. The first kappa shape index (κ1) is 20.1. The van der Waals surface area contributed by atoms with Crippen molar-refractivity contribution in [2.24, 2.45) is 0 Å². The van der Waals surface area contributed by atoms with E-state index in [0.717, 1.165) is 0 Å². The molecule has 2 aromatic carbocycles. The SMILES string of the molecule is COc1ccc(OC)c(NC(=O)CC(=O)Nc2ccc(OC(C)C)cc2)c1. The van der Waals surface area contributed by atoms with E-state index in [1.54, 1.807) is 42.5 Å². The fourth-order valence-electron chi connectivity index (χ4n) is 2.35. The standard InChI is InChI=1S/C20H24N2O5/c1-13(2)27-15-7-5-14(6-8-15)21-19(23)12-20(24)22-17-11-16(25-3)9-10-18(17)26-4/h5-11,13H,12H2,1-4H3,(H,21,23)(H,22,24). The van der Waals surface area contributed by atoms with Crippen LogP contribution < -0.4 is 24.8 Å². The number of amides is 2. The Morgan fingerprint density at radius 3 is 2.11 bits per heavy atom. The van der Waals surface area contributed by atoms with Crippen LogP contribution in [0, 0.1) is 0 Å². The molecule has 0 atom stereocenters. The van der Waals surface area contributed by atoms with Gasteiger partial charge >= 0.3 is 0 Å². The maximum Gasteiger partial charge on any atom is 0.233 e. The Kier molecular flexibility index (Phi) is 7.05. The van der Waals surface area contributed by atoms with Crippen molar-refractivity contribution in [1.29, 1.82) is 0 Å². The van der Waals surface area contributed by atoms with Gasteiger partial charge in [-0.1, -0.05) is 0 Å². The summed E-state index contributed by atoms with van der Waals surface area (Å²) in [6, 6.07) is 12.0. The minimum atomic E-state index is -0.459. The molecular formula is C20H24N2O5. The third-order valence-corrected chi connectivity index (χ3v) is 3.51. The van der Waals surface area contributed by atoms with Gasteiger partial charge in [0, 0.05) is 11.8 Å². The van der Waals surface area contributed by atoms with Gasteiger partial charge in [0.25, 0.3) is 0 Å². The van der Waals surface area contributed by atoms with Crippen molar-refractivity contribution in [2.45, 2.75) is 26.4 Å². The average Bonchev–Trinajstić information content (AvgIpc) is 2.62. The Balaban J connectivity index is 1.93. The lowest BCUT2D eigenvalue weighted by Gasteiger charge is -2.12. The minimum absolute atomic E-state index is 0.0720. The van der Waals surface area contributed by atoms with Crippen LogP contribution in [0.15, 0.2) is 42.5 Å². The summed E-state index contributed by atoms with van der Waals surface area (Å²) in [7, 11) is 3.02. The van der Waals surface area contributed by atoms with Crippen molar-refractivity contribution in [3.05, 3.63) is 42.5 Å². The van der Waals surface area contributed by atoms with Crippen LogP contribution in [0.25, 0.3) is 0 Å². The van der Waals surface area contributed by atoms with Gasteiger partial charge in [0.15, 0.2) is 0 Å². The van der Waals surface area contributed by atoms with Crippen molar-refractivity contribution in [1.82, 2.24) is 0 Å². The summed E-state index contributed by atoms with van der Waals surface area (Å²) in [6.07, 6.45) is -0.257. The van der Waals surface area contributed by atoms with Crippen molar-refractivity contribution < 1.29 is 23.8 Å². The molecule has 0 radical (unpaired) electrons. The summed E-state index contributed by atoms with van der Waals surface area (Å²) in [4.78, 5) is 24.3. The van der Waals surface area contributed by atoms with Gasteiger partial charge in [-0.3, -0.25) is 9.59 Å². The molecule has 2 N–H and O–H groups in total. The molecule has 0 bridgehead atoms. The Morgan fingerprint density at radius 2 is 1.52 bits per heavy atom. The second-order valence-corrected chi connectivity index (χ2v) is 6.03. The normalized spacial score (nSPS) is 10.3. The monoisotopic (exact) mass is 372 g/mol. The van der Waals surface area contributed by atoms with E-state index in [1.807, 2.05) is 13.8 Å². The van der Waals surface area contributed by atoms with Gasteiger partial charge in [-0.05, 0) is 50.2 Å². The van der Waals surface area contributed by atoms with E-state index in [2.05, 4.69) is 10.6 Å². The van der Waals surface area contributed by atoms with Crippen LogP contribution in [-0.2, 0) is 9.59 Å². The third-order valence-electron chi connectivity index (χ3n) is 3.51. The molecule has 0 spiro atoms. The van der Waals surface area contributed by atoms with Crippen molar-refractivity contribution >= 4 is 23.2 Å². The molecule has 144 valence electrons. The predicted octanol–water partition coefficient (Wildman–Crippen LogP) is 3.46. The molecule has 2 rings (SSSR count). The van der Waals surface area contributed by atoms with E-state index in [9.17, 15) is 9.59 Å². The topological polar surface area (TPSA) is 85.9 Å². The number of ether oxygens (including phenoxy) is 3. The van der Waals surface area contributed by atoms with Gasteiger partial charge < -0.3 is 24.8 Å². The van der Waals surface area contributed by atoms with E-state index in [4.69, 9.17) is 14.2 Å². The molecule has 2 amide bonds. The highest BCUT2D eigenvalue weighted by atomic mass is 16.5. The Hall–Kier alpha value is -3.22. The zero-order chi connectivity index (χ0) is 19.8. The maximum absolute atomic E-state index is 12.2. The zero-order valence-corrected chi connectivity index (χ0v) is 15.9. The van der Waals surface area contributed by atoms with E-state index in [-0.39, 0.29) is 12.5 Å². The highest BCUT2D eigenvalue weighted by Crippen LogP contribution is 2.29. The maximum atomic E-state index is 12.2. The molecule has 0 aliphatic carbocycles. The number of nitrogens with one attached hydrogen (secondary N) is 2. The first-order valence-electron chi connectivity index (χ1n) is 8.49. The Morgan fingerprint density at radius 1 is 0.889 bits per heavy atom. The number of methoxy groups -OCH3 is 2. The molecule has 7 nitrogen and oxygen atoms in total. The van der Waals surface area contributed by atoms with Gasteiger partial charge in [0.1, 0.15) is 23.7 Å². The van der Waals surface area contributed by atoms with E-state index < -0.39 is 11.8 Å². The number of carbonyl (C=O) groups is 2. The van der Waals surface area contributed by atoms with E-state index in [0.29, 0.717) is 28.6 Å². The molecule has 2 aromatic rings. The summed E-state index contributed by atoms with van der Waals surface area (Å²) < 4.78 is 15.9. The van der Waals surface area contributed by atoms with Crippen LogP contribution >= 0.6 is 0 Å². The molecule has 0 aromatic heterocycles. The number of benzene rings is 2. The number of hydrogen-bond acceptors (Lipinski definition) is 5. The fourth-order valence-corrected chi connectivity index (χ4v) is 2.35. The molecular weight excluding hydrogens is 348 g/mol. The second-order valence-electron chi connectivity index (χ2n) is 6.03. The molecule has 0 saturated carbocycles. The van der Waals surface area contributed by atoms with Gasteiger partial charge in [0.2, 0.25) is 11.8 Å². The van der Waals surface area contributed by atoms with Gasteiger partial charge in [0.05, 0.1) is 26.0 Å². The molecule has 0 saturated heterocycles. The summed E-state index contributed by atoms with van der Waals surface area (Å²) in [5.74, 6) is 0.876. The summed E-state index contributed by atoms with van der Waals surface area (Å²) in [6.45, 7) is 3.87. The third kappa shape index (κ3) is 6.22. The van der Waals surface area contributed by atoms with Gasteiger partial charge in [-0.2, -0.15) is 0 Å². The van der Waals surface area contributed by atoms with E-state index in [1.165, 1.54) is 14.2 Å². The summed E-state index contributed by atoms with van der Waals surface area (Å²) in [5, 5.41) is 5.34. The molecule has 0 heterocycles. The second kappa shape index (κ2) is 9.47. The number of anilines is 2. The Labute approximate surface area is 158 Å². The lowest BCUT2D eigenvalue weighted by atomic mass is 10.2. The van der Waals surface area contributed by atoms with Gasteiger partial charge in [-0.25, -0.2) is 0 Å². The fraction of sp³-hybridized carbons (Fsp3) is 0.300.